The smallest absolute Gasteiger partial charge is 0.404 e. The summed E-state index contributed by atoms with van der Waals surface area (Å²) in [5.41, 5.74) is 6.28. The largest absolute Gasteiger partial charge is 0.465 e. The summed E-state index contributed by atoms with van der Waals surface area (Å²) in [5.74, 6) is 0. The van der Waals surface area contributed by atoms with E-state index < -0.39 is 6.09 Å². The minimum atomic E-state index is -1.07. The molecule has 1 aromatic rings. The number of thiophene rings is 1. The number of carboxylic acid groups (broad SMARTS) is 1. The van der Waals surface area contributed by atoms with Gasteiger partial charge in [0.05, 0.1) is 10.6 Å². The fraction of sp³-hybridized carbons (Fsp3) is 0.333. The van der Waals surface area contributed by atoms with Crippen molar-refractivity contribution in [3.8, 4) is 0 Å². The Hall–Kier alpha value is -1.61. The second kappa shape index (κ2) is 7.67. The van der Waals surface area contributed by atoms with Crippen LogP contribution < -0.4 is 21.1 Å². The Morgan fingerprint density at radius 1 is 1.33 bits per heavy atom. The maximum atomic E-state index is 11.3. The number of nitrogens with one attached hydrogen (secondary N) is 3. The van der Waals surface area contributed by atoms with Crippen molar-refractivity contribution >= 4 is 41.1 Å². The topological polar surface area (TPSA) is 116 Å². The lowest BCUT2D eigenvalue weighted by molar-refractivity contribution is 0.194. The van der Waals surface area contributed by atoms with Crippen molar-refractivity contribution in [2.24, 2.45) is 0 Å². The summed E-state index contributed by atoms with van der Waals surface area (Å²) in [6, 6.07) is -0.332. The van der Waals surface area contributed by atoms with Gasteiger partial charge in [-0.2, -0.15) is 0 Å². The normalized spacial score (nSPS) is 9.78. The van der Waals surface area contributed by atoms with Crippen LogP contribution in [0.1, 0.15) is 6.42 Å². The zero-order valence-electron chi connectivity index (χ0n) is 9.43. The van der Waals surface area contributed by atoms with Crippen LogP contribution in [0.15, 0.2) is 15.7 Å². The van der Waals surface area contributed by atoms with Crippen molar-refractivity contribution in [2.75, 3.05) is 18.8 Å². The number of nitrogen functional groups attached to an aromatic ring is 1. The van der Waals surface area contributed by atoms with Gasteiger partial charge in [0.25, 0.3) is 0 Å². The molecule has 0 aliphatic rings. The van der Waals surface area contributed by atoms with Crippen molar-refractivity contribution in [1.82, 2.24) is 15.4 Å². The van der Waals surface area contributed by atoms with E-state index in [1.165, 1.54) is 11.3 Å². The van der Waals surface area contributed by atoms with E-state index in [1.807, 2.05) is 5.38 Å². The number of carbonyl (C=O) groups is 2. The van der Waals surface area contributed by atoms with Gasteiger partial charge in [-0.3, -0.25) is 4.72 Å². The van der Waals surface area contributed by atoms with E-state index in [4.69, 9.17) is 10.8 Å². The Morgan fingerprint density at radius 3 is 2.67 bits per heavy atom. The van der Waals surface area contributed by atoms with Gasteiger partial charge in [-0.25, -0.2) is 9.59 Å². The van der Waals surface area contributed by atoms with Crippen molar-refractivity contribution in [1.29, 1.82) is 0 Å². The van der Waals surface area contributed by atoms with Gasteiger partial charge in [0.15, 0.2) is 0 Å². The minimum absolute atomic E-state index is 0.306. The fourth-order valence-corrected chi connectivity index (χ4v) is 2.49. The van der Waals surface area contributed by atoms with Crippen LogP contribution in [0.4, 0.5) is 15.3 Å². The van der Waals surface area contributed by atoms with E-state index in [0.717, 1.165) is 16.8 Å². The first-order valence-electron chi connectivity index (χ1n) is 5.08. The van der Waals surface area contributed by atoms with E-state index in [1.54, 1.807) is 5.38 Å². The molecule has 0 fully saturated rings. The van der Waals surface area contributed by atoms with Crippen molar-refractivity contribution in [2.45, 2.75) is 11.3 Å². The van der Waals surface area contributed by atoms with Gasteiger partial charge in [-0.15, -0.1) is 11.3 Å². The third-order valence-electron chi connectivity index (χ3n) is 1.82. The van der Waals surface area contributed by atoms with E-state index in [0.29, 0.717) is 25.2 Å². The number of carbonyl (C=O) groups excluding carboxylic acids is 1. The number of anilines is 1. The van der Waals surface area contributed by atoms with Crippen molar-refractivity contribution in [3.05, 3.63) is 10.8 Å². The van der Waals surface area contributed by atoms with Gasteiger partial charge in [-0.1, -0.05) is 0 Å². The summed E-state index contributed by atoms with van der Waals surface area (Å²) < 4.78 is 2.58. The molecule has 0 unspecified atom stereocenters. The first-order chi connectivity index (χ1) is 8.59. The van der Waals surface area contributed by atoms with Crippen LogP contribution in [-0.4, -0.2) is 30.3 Å². The molecular weight excluding hydrogens is 276 g/mol. The van der Waals surface area contributed by atoms with Crippen LogP contribution in [-0.2, 0) is 0 Å². The second-order valence-electron chi connectivity index (χ2n) is 3.24. The molecule has 1 heterocycles. The Morgan fingerprint density at radius 2 is 2.06 bits per heavy atom. The predicted octanol–water partition coefficient (Wildman–Crippen LogP) is 1.29. The number of nitrogens with two attached hydrogens (primary N) is 1. The highest BCUT2D eigenvalue weighted by atomic mass is 32.2. The van der Waals surface area contributed by atoms with Crippen molar-refractivity contribution < 1.29 is 14.7 Å². The average molecular weight is 290 g/mol. The Bertz CT molecular complexity index is 410. The lowest BCUT2D eigenvalue weighted by Crippen LogP contribution is -2.33. The highest BCUT2D eigenvalue weighted by molar-refractivity contribution is 7.98. The highest BCUT2D eigenvalue weighted by Crippen LogP contribution is 2.25. The van der Waals surface area contributed by atoms with Crippen LogP contribution in [0.5, 0.6) is 0 Å². The first kappa shape index (κ1) is 14.5. The Kier molecular flexibility index (Phi) is 6.15. The molecule has 0 saturated heterocycles. The Labute approximate surface area is 112 Å². The number of amides is 3. The molecule has 100 valence electrons. The van der Waals surface area contributed by atoms with Crippen LogP contribution in [0.25, 0.3) is 0 Å². The molecule has 7 nitrogen and oxygen atoms in total. The van der Waals surface area contributed by atoms with E-state index in [9.17, 15) is 9.59 Å². The van der Waals surface area contributed by atoms with Gasteiger partial charge < -0.3 is 21.5 Å². The molecule has 9 heteroatoms. The molecule has 1 rings (SSSR count). The number of hydrogen-bond donors (Lipinski definition) is 5. The van der Waals surface area contributed by atoms with Crippen LogP contribution in [0.3, 0.4) is 0 Å². The van der Waals surface area contributed by atoms with Gasteiger partial charge in [0.2, 0.25) is 0 Å². The van der Waals surface area contributed by atoms with Crippen molar-refractivity contribution in [3.63, 3.8) is 0 Å². The summed E-state index contributed by atoms with van der Waals surface area (Å²) in [6.07, 6.45) is -0.534. The second-order valence-corrected chi connectivity index (χ2v) is 4.83. The molecule has 1 aromatic heterocycles. The SMILES string of the molecule is Nc1cscc1SNC(=O)NCCCNC(=O)O. The monoisotopic (exact) mass is 290 g/mol. The van der Waals surface area contributed by atoms with Crippen LogP contribution in [0.2, 0.25) is 0 Å². The molecule has 0 atom stereocenters. The molecular formula is C9H14N4O3S2. The molecule has 0 spiro atoms. The number of rotatable bonds is 6. The standard InChI is InChI=1S/C9H14N4O3S2/c10-6-4-17-5-7(6)18-13-8(14)11-2-1-3-12-9(15)16/h4-5,12H,1-3,10H2,(H,15,16)(H2,11,13,14). The summed E-state index contributed by atoms with van der Waals surface area (Å²) >= 11 is 2.61. The van der Waals surface area contributed by atoms with E-state index in [-0.39, 0.29) is 6.03 Å². The molecule has 3 amide bonds. The number of hydrogen-bond acceptors (Lipinski definition) is 5. The highest BCUT2D eigenvalue weighted by Gasteiger charge is 2.04. The Balaban J connectivity index is 2.07. The summed E-state index contributed by atoms with van der Waals surface area (Å²) in [6.45, 7) is 0.700. The minimum Gasteiger partial charge on any atom is -0.465 e. The third-order valence-corrected chi connectivity index (χ3v) is 3.60. The maximum Gasteiger partial charge on any atom is 0.404 e. The fourth-order valence-electron chi connectivity index (χ4n) is 1.00. The molecule has 6 N–H and O–H groups in total. The van der Waals surface area contributed by atoms with Crippen LogP contribution in [0, 0.1) is 0 Å². The average Bonchev–Trinajstić information content (AvgIpc) is 2.71. The summed E-state index contributed by atoms with van der Waals surface area (Å²) in [4.78, 5) is 22.3. The molecule has 0 bridgehead atoms. The van der Waals surface area contributed by atoms with Gasteiger partial charge in [0, 0.05) is 23.8 Å². The lowest BCUT2D eigenvalue weighted by atomic mass is 10.4. The van der Waals surface area contributed by atoms with Crippen LogP contribution >= 0.6 is 23.3 Å². The molecule has 0 saturated carbocycles. The molecule has 0 radical (unpaired) electrons. The maximum absolute atomic E-state index is 11.3. The summed E-state index contributed by atoms with van der Waals surface area (Å²) in [7, 11) is 0. The predicted molar refractivity (Wildman–Crippen MR) is 71.8 cm³/mol. The molecule has 0 aliphatic heterocycles. The van der Waals surface area contributed by atoms with E-state index in [2.05, 4.69) is 15.4 Å². The van der Waals surface area contributed by atoms with Gasteiger partial charge >= 0.3 is 12.1 Å². The zero-order valence-corrected chi connectivity index (χ0v) is 11.1. The molecule has 0 aliphatic carbocycles. The first-order valence-corrected chi connectivity index (χ1v) is 6.84. The van der Waals surface area contributed by atoms with Gasteiger partial charge in [0.1, 0.15) is 0 Å². The number of urea groups is 1. The third kappa shape index (κ3) is 5.64. The molecule has 0 aromatic carbocycles. The van der Waals surface area contributed by atoms with E-state index >= 15 is 0 Å². The lowest BCUT2D eigenvalue weighted by Gasteiger charge is -2.06. The summed E-state index contributed by atoms with van der Waals surface area (Å²) in [5, 5.41) is 16.8. The molecule has 18 heavy (non-hydrogen) atoms. The quantitative estimate of drug-likeness (QED) is 0.400. The van der Waals surface area contributed by atoms with Gasteiger partial charge in [-0.05, 0) is 18.4 Å². The zero-order chi connectivity index (χ0) is 13.4.